The van der Waals surface area contributed by atoms with Crippen LogP contribution in [0.3, 0.4) is 0 Å². The zero-order chi connectivity index (χ0) is 15.8. The normalized spacial score (nSPS) is 10.2. The molecule has 6 heteroatoms. The summed E-state index contributed by atoms with van der Waals surface area (Å²) >= 11 is 0. The van der Waals surface area contributed by atoms with E-state index in [9.17, 15) is 9.59 Å². The van der Waals surface area contributed by atoms with Gasteiger partial charge in [-0.25, -0.2) is 4.79 Å². The van der Waals surface area contributed by atoms with Gasteiger partial charge in [-0.3, -0.25) is 4.79 Å². The van der Waals surface area contributed by atoms with Crippen LogP contribution in [-0.2, 0) is 14.3 Å². The summed E-state index contributed by atoms with van der Waals surface area (Å²) in [7, 11) is 0. The number of hydrogen-bond acceptors (Lipinski definition) is 4. The molecular formula is C15H30N2O4. The van der Waals surface area contributed by atoms with Crippen LogP contribution in [-0.4, -0.2) is 44.9 Å². The van der Waals surface area contributed by atoms with Gasteiger partial charge in [0.15, 0.2) is 0 Å². The fraction of sp³-hybridized carbons (Fsp3) is 0.867. The van der Waals surface area contributed by atoms with E-state index in [0.29, 0.717) is 32.7 Å². The second-order valence-corrected chi connectivity index (χ2v) is 4.76. The van der Waals surface area contributed by atoms with Crippen molar-refractivity contribution < 1.29 is 19.1 Å². The van der Waals surface area contributed by atoms with E-state index in [1.807, 2.05) is 0 Å². The number of amides is 2. The van der Waals surface area contributed by atoms with Crippen LogP contribution >= 0.6 is 0 Å². The number of rotatable bonds is 13. The van der Waals surface area contributed by atoms with Crippen molar-refractivity contribution in [3.8, 4) is 0 Å². The lowest BCUT2D eigenvalue weighted by Gasteiger charge is -2.07. The van der Waals surface area contributed by atoms with Crippen LogP contribution in [0.4, 0.5) is 4.79 Å². The third-order valence-corrected chi connectivity index (χ3v) is 2.75. The van der Waals surface area contributed by atoms with Crippen LogP contribution in [0, 0.1) is 0 Å². The molecule has 0 atom stereocenters. The molecule has 21 heavy (non-hydrogen) atoms. The first-order valence-electron chi connectivity index (χ1n) is 7.95. The van der Waals surface area contributed by atoms with E-state index < -0.39 is 0 Å². The number of carbonyl (C=O) groups is 2. The summed E-state index contributed by atoms with van der Waals surface area (Å²) in [6.45, 7) is 7.01. The molecular weight excluding hydrogens is 272 g/mol. The molecule has 0 heterocycles. The molecule has 0 rings (SSSR count). The zero-order valence-electron chi connectivity index (χ0n) is 13.4. The summed E-state index contributed by atoms with van der Waals surface area (Å²) < 4.78 is 10.2. The van der Waals surface area contributed by atoms with Gasteiger partial charge in [0, 0.05) is 32.7 Å². The first kappa shape index (κ1) is 19.7. The van der Waals surface area contributed by atoms with Crippen molar-refractivity contribution in [2.45, 2.75) is 52.4 Å². The highest BCUT2D eigenvalue weighted by atomic mass is 16.5. The van der Waals surface area contributed by atoms with Crippen molar-refractivity contribution in [2.75, 3.05) is 32.9 Å². The van der Waals surface area contributed by atoms with Gasteiger partial charge in [-0.15, -0.1) is 0 Å². The second-order valence-electron chi connectivity index (χ2n) is 4.76. The molecule has 0 fully saturated rings. The van der Waals surface area contributed by atoms with E-state index in [1.165, 1.54) is 0 Å². The minimum atomic E-state index is -0.145. The smallest absolute Gasteiger partial charge is 0.314 e. The molecule has 0 aliphatic heterocycles. The predicted molar refractivity (Wildman–Crippen MR) is 82.2 cm³/mol. The molecule has 0 radical (unpaired) electrons. The molecule has 0 aromatic rings. The van der Waals surface area contributed by atoms with Crippen LogP contribution < -0.4 is 10.6 Å². The summed E-state index contributed by atoms with van der Waals surface area (Å²) in [6.07, 6.45) is 4.88. The highest BCUT2D eigenvalue weighted by Crippen LogP contribution is 2.00. The Kier molecular flexibility index (Phi) is 14.2. The first-order chi connectivity index (χ1) is 10.2. The molecule has 0 aromatic heterocycles. The van der Waals surface area contributed by atoms with Crippen molar-refractivity contribution in [1.29, 1.82) is 0 Å². The van der Waals surface area contributed by atoms with Gasteiger partial charge in [0.2, 0.25) is 0 Å². The molecule has 2 N–H and O–H groups in total. The standard InChI is InChI=1S/C15H30N2O4/c1-3-12-20-13-8-11-17-15(19)16-10-7-5-6-9-14(18)21-4-2/h3-13H2,1-2H3,(H2,16,17,19). The van der Waals surface area contributed by atoms with Gasteiger partial charge in [-0.1, -0.05) is 13.3 Å². The molecule has 0 aliphatic carbocycles. The lowest BCUT2D eigenvalue weighted by Crippen LogP contribution is -2.36. The van der Waals surface area contributed by atoms with Crippen LogP contribution in [0.25, 0.3) is 0 Å². The van der Waals surface area contributed by atoms with Crippen molar-refractivity contribution in [1.82, 2.24) is 10.6 Å². The fourth-order valence-corrected chi connectivity index (χ4v) is 1.69. The van der Waals surface area contributed by atoms with Gasteiger partial charge in [0.1, 0.15) is 0 Å². The van der Waals surface area contributed by atoms with Crippen LogP contribution in [0.5, 0.6) is 0 Å². The quantitative estimate of drug-likeness (QED) is 0.404. The van der Waals surface area contributed by atoms with E-state index in [4.69, 9.17) is 9.47 Å². The van der Waals surface area contributed by atoms with Crippen LogP contribution in [0.1, 0.15) is 52.4 Å². The van der Waals surface area contributed by atoms with Crippen molar-refractivity contribution in [3.63, 3.8) is 0 Å². The molecule has 2 amide bonds. The highest BCUT2D eigenvalue weighted by Gasteiger charge is 2.01. The largest absolute Gasteiger partial charge is 0.466 e. The molecule has 0 bridgehead atoms. The molecule has 0 unspecified atom stereocenters. The number of carbonyl (C=O) groups excluding carboxylic acids is 2. The van der Waals surface area contributed by atoms with Crippen molar-refractivity contribution in [3.05, 3.63) is 0 Å². The van der Waals surface area contributed by atoms with Gasteiger partial charge in [0.25, 0.3) is 0 Å². The first-order valence-corrected chi connectivity index (χ1v) is 7.95. The maximum Gasteiger partial charge on any atom is 0.314 e. The van der Waals surface area contributed by atoms with Gasteiger partial charge >= 0.3 is 12.0 Å². The zero-order valence-corrected chi connectivity index (χ0v) is 13.4. The SMILES string of the molecule is CCCOCCCNC(=O)NCCCCCC(=O)OCC. The summed E-state index contributed by atoms with van der Waals surface area (Å²) in [4.78, 5) is 22.5. The van der Waals surface area contributed by atoms with Crippen LogP contribution in [0.15, 0.2) is 0 Å². The van der Waals surface area contributed by atoms with E-state index in [-0.39, 0.29) is 12.0 Å². The molecule has 6 nitrogen and oxygen atoms in total. The van der Waals surface area contributed by atoms with Crippen LogP contribution in [0.2, 0.25) is 0 Å². The Balaban J connectivity index is 3.24. The topological polar surface area (TPSA) is 76.7 Å². The Labute approximate surface area is 127 Å². The predicted octanol–water partition coefficient (Wildman–Crippen LogP) is 2.23. The Bertz CT molecular complexity index is 272. The van der Waals surface area contributed by atoms with Gasteiger partial charge in [-0.2, -0.15) is 0 Å². The molecule has 124 valence electrons. The lowest BCUT2D eigenvalue weighted by molar-refractivity contribution is -0.143. The van der Waals surface area contributed by atoms with Gasteiger partial charge < -0.3 is 20.1 Å². The third kappa shape index (κ3) is 14.9. The highest BCUT2D eigenvalue weighted by molar-refractivity contribution is 5.73. The summed E-state index contributed by atoms with van der Waals surface area (Å²) in [6, 6.07) is -0.143. The summed E-state index contributed by atoms with van der Waals surface area (Å²) in [5, 5.41) is 5.57. The Hall–Kier alpha value is -1.30. The van der Waals surface area contributed by atoms with E-state index in [2.05, 4.69) is 17.6 Å². The number of ether oxygens (including phenoxy) is 2. The average molecular weight is 302 g/mol. The summed E-state index contributed by atoms with van der Waals surface area (Å²) in [5.74, 6) is -0.145. The van der Waals surface area contributed by atoms with Crippen molar-refractivity contribution in [2.24, 2.45) is 0 Å². The number of esters is 1. The van der Waals surface area contributed by atoms with Gasteiger partial charge in [0.05, 0.1) is 6.61 Å². The monoisotopic (exact) mass is 302 g/mol. The molecule has 0 saturated heterocycles. The third-order valence-electron chi connectivity index (χ3n) is 2.75. The maximum atomic E-state index is 11.4. The average Bonchev–Trinajstić information content (AvgIpc) is 2.46. The molecule has 0 spiro atoms. The number of nitrogens with one attached hydrogen (secondary N) is 2. The summed E-state index contributed by atoms with van der Waals surface area (Å²) in [5.41, 5.74) is 0. The van der Waals surface area contributed by atoms with Gasteiger partial charge in [-0.05, 0) is 32.6 Å². The number of hydrogen-bond donors (Lipinski definition) is 2. The van der Waals surface area contributed by atoms with E-state index >= 15 is 0 Å². The number of unbranched alkanes of at least 4 members (excludes halogenated alkanes) is 2. The molecule has 0 aromatic carbocycles. The Morgan fingerprint density at radius 1 is 0.905 bits per heavy atom. The second kappa shape index (κ2) is 15.1. The fourth-order valence-electron chi connectivity index (χ4n) is 1.69. The molecule has 0 saturated carbocycles. The van der Waals surface area contributed by atoms with Crippen molar-refractivity contribution >= 4 is 12.0 Å². The Morgan fingerprint density at radius 2 is 1.62 bits per heavy atom. The Morgan fingerprint density at radius 3 is 2.29 bits per heavy atom. The van der Waals surface area contributed by atoms with E-state index in [1.54, 1.807) is 6.92 Å². The minimum Gasteiger partial charge on any atom is -0.466 e. The molecule has 0 aliphatic rings. The number of urea groups is 1. The maximum absolute atomic E-state index is 11.4. The minimum absolute atomic E-state index is 0.143. The lowest BCUT2D eigenvalue weighted by atomic mass is 10.2. The van der Waals surface area contributed by atoms with E-state index in [0.717, 1.165) is 38.7 Å².